The minimum atomic E-state index is 0.124. The van der Waals surface area contributed by atoms with Crippen LogP contribution in [-0.4, -0.2) is 46.5 Å². The van der Waals surface area contributed by atoms with E-state index in [0.29, 0.717) is 25.6 Å². The van der Waals surface area contributed by atoms with Gasteiger partial charge in [0.15, 0.2) is 5.89 Å². The lowest BCUT2D eigenvalue weighted by atomic mass is 10.0. The highest BCUT2D eigenvalue weighted by atomic mass is 16.5. The molecule has 28 heavy (non-hydrogen) atoms. The maximum Gasteiger partial charge on any atom is 0.191 e. The topological polar surface area (TPSA) is 65.6 Å². The van der Waals surface area contributed by atoms with Gasteiger partial charge in [0.2, 0.25) is 0 Å². The molecule has 1 aliphatic rings. The number of hydrogen-bond acceptors (Lipinski definition) is 6. The Balaban J connectivity index is 1.67. The zero-order chi connectivity index (χ0) is 19.7. The molecular weight excluding hydrogens is 356 g/mol. The molecule has 3 heterocycles. The largest absolute Gasteiger partial charge is 0.497 e. The average molecular weight is 382 g/mol. The summed E-state index contributed by atoms with van der Waals surface area (Å²) in [6, 6.07) is 8.07. The van der Waals surface area contributed by atoms with Crippen LogP contribution in [0.25, 0.3) is 5.69 Å². The molecule has 1 aliphatic heterocycles. The monoisotopic (exact) mass is 382 g/mol. The summed E-state index contributed by atoms with van der Waals surface area (Å²) in [5.74, 6) is 2.38. The van der Waals surface area contributed by atoms with Crippen LogP contribution in [0, 0.1) is 20.8 Å². The van der Waals surface area contributed by atoms with Gasteiger partial charge in [0.25, 0.3) is 0 Å². The summed E-state index contributed by atoms with van der Waals surface area (Å²) in [6.45, 7) is 8.94. The fourth-order valence-electron chi connectivity index (χ4n) is 3.90. The number of benzene rings is 1. The van der Waals surface area contributed by atoms with Crippen molar-refractivity contribution in [2.75, 3.05) is 26.9 Å². The zero-order valence-electron chi connectivity index (χ0n) is 16.8. The first kappa shape index (κ1) is 18.7. The van der Waals surface area contributed by atoms with Gasteiger partial charge in [0.05, 0.1) is 50.5 Å². The highest BCUT2D eigenvalue weighted by Crippen LogP contribution is 2.32. The van der Waals surface area contributed by atoms with E-state index in [-0.39, 0.29) is 6.04 Å². The third-order valence-electron chi connectivity index (χ3n) is 5.25. The fourth-order valence-corrected chi connectivity index (χ4v) is 3.90. The van der Waals surface area contributed by atoms with Crippen LogP contribution in [0.15, 0.2) is 34.9 Å². The third-order valence-corrected chi connectivity index (χ3v) is 5.25. The zero-order valence-corrected chi connectivity index (χ0v) is 16.8. The lowest BCUT2D eigenvalue weighted by Gasteiger charge is -2.35. The number of hydrogen-bond donors (Lipinski definition) is 0. The van der Waals surface area contributed by atoms with Crippen molar-refractivity contribution in [1.29, 1.82) is 0 Å². The van der Waals surface area contributed by atoms with Crippen molar-refractivity contribution in [2.45, 2.75) is 33.4 Å². The van der Waals surface area contributed by atoms with Gasteiger partial charge < -0.3 is 13.9 Å². The second-order valence-corrected chi connectivity index (χ2v) is 7.10. The van der Waals surface area contributed by atoms with Gasteiger partial charge in [-0.2, -0.15) is 5.10 Å². The van der Waals surface area contributed by atoms with E-state index in [4.69, 9.17) is 19.0 Å². The van der Waals surface area contributed by atoms with Gasteiger partial charge in [-0.1, -0.05) is 6.07 Å². The van der Waals surface area contributed by atoms with E-state index < -0.39 is 0 Å². The molecule has 1 fully saturated rings. The number of ether oxygens (including phenoxy) is 2. The first-order chi connectivity index (χ1) is 13.6. The van der Waals surface area contributed by atoms with E-state index in [1.54, 1.807) is 13.3 Å². The Morgan fingerprint density at radius 2 is 2.11 bits per heavy atom. The van der Waals surface area contributed by atoms with Gasteiger partial charge in [-0.15, -0.1) is 0 Å². The normalized spacial score (nSPS) is 17.8. The van der Waals surface area contributed by atoms with Crippen LogP contribution in [0.2, 0.25) is 0 Å². The van der Waals surface area contributed by atoms with Gasteiger partial charge in [0, 0.05) is 30.8 Å². The van der Waals surface area contributed by atoms with E-state index in [9.17, 15) is 0 Å². The van der Waals surface area contributed by atoms with Crippen LogP contribution in [0.1, 0.15) is 34.6 Å². The standard InChI is InChI=1S/C21H26N4O3/c1-14-21(15(2)25(23-14)17-6-5-7-18(10-17)26-4)20-13-27-9-8-24(20)12-19-11-22-16(3)28-19/h5-7,10-11,20H,8-9,12-13H2,1-4H3. The molecule has 0 amide bonds. The molecule has 7 heteroatoms. The van der Waals surface area contributed by atoms with Crippen molar-refractivity contribution in [1.82, 2.24) is 19.7 Å². The molecule has 0 saturated carbocycles. The Morgan fingerprint density at radius 3 is 2.86 bits per heavy atom. The van der Waals surface area contributed by atoms with Crippen LogP contribution >= 0.6 is 0 Å². The lowest BCUT2D eigenvalue weighted by molar-refractivity contribution is -0.0159. The molecule has 2 aromatic heterocycles. The Hall–Kier alpha value is -2.64. The van der Waals surface area contributed by atoms with E-state index >= 15 is 0 Å². The van der Waals surface area contributed by atoms with Gasteiger partial charge in [-0.05, 0) is 26.0 Å². The lowest BCUT2D eigenvalue weighted by Crippen LogP contribution is -2.39. The molecule has 0 radical (unpaired) electrons. The summed E-state index contributed by atoms with van der Waals surface area (Å²) in [6.07, 6.45) is 1.81. The number of rotatable bonds is 5. The number of aromatic nitrogens is 3. The predicted molar refractivity (Wildman–Crippen MR) is 105 cm³/mol. The Labute approximate surface area is 164 Å². The second-order valence-electron chi connectivity index (χ2n) is 7.10. The predicted octanol–water partition coefficient (Wildman–Crippen LogP) is 3.37. The van der Waals surface area contributed by atoms with Gasteiger partial charge >= 0.3 is 0 Å². The van der Waals surface area contributed by atoms with Crippen molar-refractivity contribution in [3.05, 3.63) is 59.1 Å². The second kappa shape index (κ2) is 7.77. The van der Waals surface area contributed by atoms with Crippen molar-refractivity contribution >= 4 is 0 Å². The minimum absolute atomic E-state index is 0.124. The molecular formula is C21H26N4O3. The number of oxazole rings is 1. The molecule has 0 N–H and O–H groups in total. The summed E-state index contributed by atoms with van der Waals surface area (Å²) in [5, 5.41) is 4.82. The quantitative estimate of drug-likeness (QED) is 0.674. The van der Waals surface area contributed by atoms with Crippen LogP contribution in [-0.2, 0) is 11.3 Å². The first-order valence-electron chi connectivity index (χ1n) is 9.50. The molecule has 1 unspecified atom stereocenters. The number of nitrogens with zero attached hydrogens (tertiary/aromatic N) is 4. The third kappa shape index (κ3) is 3.55. The van der Waals surface area contributed by atoms with E-state index in [2.05, 4.69) is 23.7 Å². The molecule has 148 valence electrons. The highest BCUT2D eigenvalue weighted by molar-refractivity contribution is 5.42. The molecule has 0 bridgehead atoms. The number of methoxy groups -OCH3 is 1. The van der Waals surface area contributed by atoms with Crippen LogP contribution in [0.4, 0.5) is 0 Å². The molecule has 3 aromatic rings. The number of morpholine rings is 1. The minimum Gasteiger partial charge on any atom is -0.497 e. The smallest absolute Gasteiger partial charge is 0.191 e. The van der Waals surface area contributed by atoms with Gasteiger partial charge in [-0.3, -0.25) is 4.90 Å². The molecule has 7 nitrogen and oxygen atoms in total. The molecule has 0 spiro atoms. The van der Waals surface area contributed by atoms with Crippen LogP contribution in [0.3, 0.4) is 0 Å². The molecule has 1 saturated heterocycles. The van der Waals surface area contributed by atoms with Crippen LogP contribution < -0.4 is 4.74 Å². The Bertz CT molecular complexity index is 962. The Morgan fingerprint density at radius 1 is 1.25 bits per heavy atom. The van der Waals surface area contributed by atoms with Crippen molar-refractivity contribution in [3.63, 3.8) is 0 Å². The Kier molecular flexibility index (Phi) is 5.19. The average Bonchev–Trinajstić information content (AvgIpc) is 3.24. The number of aryl methyl sites for hydroxylation is 2. The highest BCUT2D eigenvalue weighted by Gasteiger charge is 2.30. The summed E-state index contributed by atoms with van der Waals surface area (Å²) < 4.78 is 18.9. The maximum absolute atomic E-state index is 5.83. The molecule has 0 aliphatic carbocycles. The van der Waals surface area contributed by atoms with E-state index in [1.807, 2.05) is 35.9 Å². The summed E-state index contributed by atoms with van der Waals surface area (Å²) in [7, 11) is 1.67. The van der Waals surface area contributed by atoms with Crippen LogP contribution in [0.5, 0.6) is 5.75 Å². The SMILES string of the molecule is COc1cccc(-n2nc(C)c(C3COCCN3Cc3cnc(C)o3)c2C)c1. The van der Waals surface area contributed by atoms with E-state index in [1.165, 1.54) is 5.56 Å². The molecule has 4 rings (SSSR count). The first-order valence-corrected chi connectivity index (χ1v) is 9.50. The van der Waals surface area contributed by atoms with Crippen molar-refractivity contribution < 1.29 is 13.9 Å². The fraction of sp³-hybridized carbons (Fsp3) is 0.429. The summed E-state index contributed by atoms with van der Waals surface area (Å²) in [4.78, 5) is 6.61. The van der Waals surface area contributed by atoms with Crippen molar-refractivity contribution in [3.8, 4) is 11.4 Å². The maximum atomic E-state index is 5.83. The molecule has 1 atom stereocenters. The summed E-state index contributed by atoms with van der Waals surface area (Å²) in [5.41, 5.74) is 4.31. The molecule has 1 aromatic carbocycles. The van der Waals surface area contributed by atoms with E-state index in [0.717, 1.165) is 35.1 Å². The van der Waals surface area contributed by atoms with Gasteiger partial charge in [-0.25, -0.2) is 9.67 Å². The van der Waals surface area contributed by atoms with Gasteiger partial charge in [0.1, 0.15) is 11.5 Å². The summed E-state index contributed by atoms with van der Waals surface area (Å²) >= 11 is 0. The van der Waals surface area contributed by atoms with Crippen molar-refractivity contribution in [2.24, 2.45) is 0 Å².